The molecule has 2 aromatic heterocycles. The van der Waals surface area contributed by atoms with Gasteiger partial charge in [-0.05, 0) is 24.6 Å². The molecule has 118 valence electrons. The first-order chi connectivity index (χ1) is 11.6. The van der Waals surface area contributed by atoms with Crippen LogP contribution in [0.3, 0.4) is 0 Å². The minimum Gasteiger partial charge on any atom is -0.383 e. The van der Waals surface area contributed by atoms with Crippen LogP contribution in [0, 0.1) is 6.92 Å². The lowest BCUT2D eigenvalue weighted by Crippen LogP contribution is -2.05. The smallest absolute Gasteiger partial charge is 0.158 e. The van der Waals surface area contributed by atoms with Gasteiger partial charge in [-0.3, -0.25) is 0 Å². The Morgan fingerprint density at radius 1 is 0.958 bits per heavy atom. The average Bonchev–Trinajstić information content (AvgIpc) is 3.01. The summed E-state index contributed by atoms with van der Waals surface area (Å²) in [6, 6.07) is 20.0. The van der Waals surface area contributed by atoms with Crippen LogP contribution in [0.1, 0.15) is 5.69 Å². The summed E-state index contributed by atoms with van der Waals surface area (Å²) < 4.78 is 2.75. The molecule has 0 aliphatic rings. The van der Waals surface area contributed by atoms with Gasteiger partial charge in [0.2, 0.25) is 0 Å². The fraction of sp³-hybridized carbons (Fsp3) is 0.0526. The van der Waals surface area contributed by atoms with E-state index in [0.29, 0.717) is 5.82 Å². The third kappa shape index (κ3) is 2.47. The monoisotopic (exact) mass is 378 g/mol. The molecule has 0 radical (unpaired) electrons. The van der Waals surface area contributed by atoms with Gasteiger partial charge >= 0.3 is 0 Å². The van der Waals surface area contributed by atoms with Crippen molar-refractivity contribution in [3.63, 3.8) is 0 Å². The van der Waals surface area contributed by atoms with E-state index in [1.54, 1.807) is 4.52 Å². The number of fused-ring (bicyclic) bond motifs is 1. The molecule has 0 atom stereocenters. The second kappa shape index (κ2) is 5.76. The number of nitrogen functional groups attached to an aromatic ring is 1. The largest absolute Gasteiger partial charge is 0.383 e. The highest BCUT2D eigenvalue weighted by Gasteiger charge is 2.15. The molecule has 2 aromatic carbocycles. The average molecular weight is 379 g/mol. The highest BCUT2D eigenvalue weighted by Crippen LogP contribution is 2.30. The third-order valence-electron chi connectivity index (χ3n) is 4.02. The Morgan fingerprint density at radius 3 is 2.38 bits per heavy atom. The predicted molar refractivity (Wildman–Crippen MR) is 101 cm³/mol. The first-order valence-corrected chi connectivity index (χ1v) is 8.40. The van der Waals surface area contributed by atoms with Crippen molar-refractivity contribution in [3.8, 4) is 22.4 Å². The van der Waals surface area contributed by atoms with E-state index in [4.69, 9.17) is 5.73 Å². The van der Waals surface area contributed by atoms with Crippen LogP contribution in [-0.4, -0.2) is 14.6 Å². The van der Waals surface area contributed by atoms with Crippen molar-refractivity contribution in [2.45, 2.75) is 6.92 Å². The normalized spacial score (nSPS) is 11.1. The molecule has 0 fully saturated rings. The van der Waals surface area contributed by atoms with Gasteiger partial charge in [0.15, 0.2) is 5.65 Å². The molecule has 0 unspecified atom stereocenters. The number of aromatic nitrogens is 3. The quantitative estimate of drug-likeness (QED) is 0.549. The second-order valence-electron chi connectivity index (χ2n) is 5.63. The predicted octanol–water partition coefficient (Wildman–Crippen LogP) is 4.72. The zero-order chi connectivity index (χ0) is 16.7. The molecule has 0 saturated carbocycles. The Balaban J connectivity index is 1.92. The molecule has 4 aromatic rings. The second-order valence-corrected chi connectivity index (χ2v) is 6.55. The Kier molecular flexibility index (Phi) is 3.58. The van der Waals surface area contributed by atoms with Crippen LogP contribution in [0.15, 0.2) is 65.1 Å². The summed E-state index contributed by atoms with van der Waals surface area (Å²) in [5, 5.41) is 4.65. The molecule has 0 spiro atoms. The third-order valence-corrected chi connectivity index (χ3v) is 4.55. The lowest BCUT2D eigenvalue weighted by atomic mass is 10.1. The first-order valence-electron chi connectivity index (χ1n) is 7.61. The van der Waals surface area contributed by atoms with Crippen molar-refractivity contribution in [1.29, 1.82) is 0 Å². The topological polar surface area (TPSA) is 56.2 Å². The molecular weight excluding hydrogens is 364 g/mol. The zero-order valence-corrected chi connectivity index (χ0v) is 14.7. The van der Waals surface area contributed by atoms with Crippen molar-refractivity contribution >= 4 is 27.4 Å². The van der Waals surface area contributed by atoms with E-state index >= 15 is 0 Å². The van der Waals surface area contributed by atoms with Gasteiger partial charge in [-0.15, -0.1) is 0 Å². The maximum Gasteiger partial charge on any atom is 0.158 e. The number of hydrogen-bond donors (Lipinski definition) is 1. The van der Waals surface area contributed by atoms with Crippen molar-refractivity contribution in [2.24, 2.45) is 0 Å². The van der Waals surface area contributed by atoms with Gasteiger partial charge in [0.25, 0.3) is 0 Å². The highest BCUT2D eigenvalue weighted by molar-refractivity contribution is 9.10. The number of halogens is 1. The minimum absolute atomic E-state index is 0.604. The van der Waals surface area contributed by atoms with E-state index in [2.05, 4.69) is 26.0 Å². The van der Waals surface area contributed by atoms with Crippen LogP contribution >= 0.6 is 15.9 Å². The number of benzene rings is 2. The van der Waals surface area contributed by atoms with Crippen molar-refractivity contribution in [1.82, 2.24) is 14.6 Å². The highest BCUT2D eigenvalue weighted by atomic mass is 79.9. The van der Waals surface area contributed by atoms with Crippen molar-refractivity contribution in [3.05, 3.63) is 70.8 Å². The van der Waals surface area contributed by atoms with E-state index in [-0.39, 0.29) is 0 Å². The van der Waals surface area contributed by atoms with Crippen molar-refractivity contribution in [2.75, 3.05) is 5.73 Å². The van der Waals surface area contributed by atoms with Gasteiger partial charge in [-0.25, -0.2) is 4.98 Å². The summed E-state index contributed by atoms with van der Waals surface area (Å²) in [5.74, 6) is 0.604. The number of anilines is 1. The summed E-state index contributed by atoms with van der Waals surface area (Å²) in [6.07, 6.45) is 0. The van der Waals surface area contributed by atoms with E-state index in [1.807, 2.05) is 67.6 Å². The van der Waals surface area contributed by atoms with Crippen LogP contribution in [0.25, 0.3) is 28.0 Å². The molecule has 0 aliphatic heterocycles. The van der Waals surface area contributed by atoms with E-state index in [9.17, 15) is 0 Å². The lowest BCUT2D eigenvalue weighted by molar-refractivity contribution is 0.948. The summed E-state index contributed by atoms with van der Waals surface area (Å²) in [5.41, 5.74) is 11.9. The molecule has 24 heavy (non-hydrogen) atoms. The molecule has 4 rings (SSSR count). The summed E-state index contributed by atoms with van der Waals surface area (Å²) in [4.78, 5) is 4.69. The SMILES string of the molecule is Cc1nc2cc(-c3ccc(Br)cc3)nn2c(N)c1-c1ccccc1. The van der Waals surface area contributed by atoms with Crippen molar-refractivity contribution < 1.29 is 0 Å². The molecule has 0 amide bonds. The number of nitrogens with zero attached hydrogens (tertiary/aromatic N) is 3. The van der Waals surface area contributed by atoms with Gasteiger partial charge in [0.05, 0.1) is 11.4 Å². The molecule has 0 bridgehead atoms. The summed E-state index contributed by atoms with van der Waals surface area (Å²) in [6.45, 7) is 1.98. The molecule has 5 heteroatoms. The summed E-state index contributed by atoms with van der Waals surface area (Å²) in [7, 11) is 0. The zero-order valence-electron chi connectivity index (χ0n) is 13.1. The van der Waals surface area contributed by atoms with E-state index < -0.39 is 0 Å². The minimum atomic E-state index is 0.604. The fourth-order valence-corrected chi connectivity index (χ4v) is 3.13. The maximum atomic E-state index is 6.42. The Bertz CT molecular complexity index is 1020. The number of hydrogen-bond acceptors (Lipinski definition) is 3. The van der Waals surface area contributed by atoms with Gasteiger partial charge in [-0.2, -0.15) is 9.61 Å². The molecule has 2 heterocycles. The molecule has 0 saturated heterocycles. The standard InChI is InChI=1S/C19H15BrN4/c1-12-18(14-5-3-2-4-6-14)19(21)24-17(22-12)11-16(23-24)13-7-9-15(20)10-8-13/h2-11H,21H2,1H3. The lowest BCUT2D eigenvalue weighted by Gasteiger charge is -2.10. The Labute approximate surface area is 148 Å². The van der Waals surface area contributed by atoms with Gasteiger partial charge in [0, 0.05) is 21.7 Å². The maximum absolute atomic E-state index is 6.42. The number of rotatable bonds is 2. The fourth-order valence-electron chi connectivity index (χ4n) is 2.87. The van der Waals surface area contributed by atoms with E-state index in [0.717, 1.165) is 38.2 Å². The van der Waals surface area contributed by atoms with Gasteiger partial charge < -0.3 is 5.73 Å². The molecule has 0 aliphatic carbocycles. The Morgan fingerprint density at radius 2 is 1.67 bits per heavy atom. The van der Waals surface area contributed by atoms with Crippen LogP contribution in [-0.2, 0) is 0 Å². The molecule has 4 nitrogen and oxygen atoms in total. The van der Waals surface area contributed by atoms with E-state index in [1.165, 1.54) is 0 Å². The van der Waals surface area contributed by atoms with Crippen LogP contribution in [0.5, 0.6) is 0 Å². The summed E-state index contributed by atoms with van der Waals surface area (Å²) >= 11 is 3.45. The van der Waals surface area contributed by atoms with Crippen LogP contribution in [0.4, 0.5) is 5.82 Å². The van der Waals surface area contributed by atoms with Crippen LogP contribution in [0.2, 0.25) is 0 Å². The first kappa shape index (κ1) is 14.9. The van der Waals surface area contributed by atoms with Gasteiger partial charge in [-0.1, -0.05) is 58.4 Å². The van der Waals surface area contributed by atoms with Crippen LogP contribution < -0.4 is 5.73 Å². The molecular formula is C19H15BrN4. The number of aryl methyl sites for hydroxylation is 1. The Hall–Kier alpha value is -2.66. The molecule has 2 N–H and O–H groups in total. The van der Waals surface area contributed by atoms with Gasteiger partial charge in [0.1, 0.15) is 5.82 Å². The number of nitrogens with two attached hydrogens (primary N) is 1.